The Morgan fingerprint density at radius 1 is 1.25 bits per heavy atom. The molecule has 104 valence electrons. The number of carbonyl (C=O) groups excluding carboxylic acids is 1. The molecule has 0 aliphatic rings. The van der Waals surface area contributed by atoms with Gasteiger partial charge in [-0.1, -0.05) is 35.9 Å². The average molecular weight is 290 g/mol. The number of nitrogens with one attached hydrogen (secondary N) is 1. The van der Waals surface area contributed by atoms with Gasteiger partial charge in [0.15, 0.2) is 0 Å². The van der Waals surface area contributed by atoms with Crippen LogP contribution in [0.3, 0.4) is 0 Å². The van der Waals surface area contributed by atoms with Crippen molar-refractivity contribution in [3.05, 3.63) is 64.2 Å². The van der Waals surface area contributed by atoms with Crippen LogP contribution >= 0.6 is 11.6 Å². The minimum absolute atomic E-state index is 0.335. The molecule has 0 unspecified atom stereocenters. The molecule has 1 N–H and O–H groups in total. The quantitative estimate of drug-likeness (QED) is 0.863. The van der Waals surface area contributed by atoms with Gasteiger partial charge >= 0.3 is 5.97 Å². The summed E-state index contributed by atoms with van der Waals surface area (Å²) in [5.74, 6) is -0.335. The number of ether oxygens (including phenoxy) is 1. The Labute approximate surface area is 123 Å². The van der Waals surface area contributed by atoms with Crippen molar-refractivity contribution >= 4 is 23.3 Å². The van der Waals surface area contributed by atoms with Gasteiger partial charge in [0, 0.05) is 6.54 Å². The fourth-order valence-corrected chi connectivity index (χ4v) is 2.13. The SMILES string of the molecule is COC(=O)c1ccccc1CNc1cc(C)ccc1Cl. The van der Waals surface area contributed by atoms with Crippen LogP contribution in [0.2, 0.25) is 5.02 Å². The van der Waals surface area contributed by atoms with Crippen LogP contribution in [0.25, 0.3) is 0 Å². The second-order valence-corrected chi connectivity index (χ2v) is 4.89. The van der Waals surface area contributed by atoms with Crippen molar-refractivity contribution in [3.63, 3.8) is 0 Å². The summed E-state index contributed by atoms with van der Waals surface area (Å²) in [5, 5.41) is 3.91. The lowest BCUT2D eigenvalue weighted by Crippen LogP contribution is -2.09. The molecule has 2 rings (SSSR count). The molecule has 0 bridgehead atoms. The zero-order valence-corrected chi connectivity index (χ0v) is 12.2. The third kappa shape index (κ3) is 3.31. The van der Waals surface area contributed by atoms with Crippen molar-refractivity contribution in [2.24, 2.45) is 0 Å². The van der Waals surface area contributed by atoms with Gasteiger partial charge in [-0.2, -0.15) is 0 Å². The first-order chi connectivity index (χ1) is 9.61. The van der Waals surface area contributed by atoms with E-state index in [2.05, 4.69) is 5.32 Å². The first-order valence-electron chi connectivity index (χ1n) is 6.28. The molecule has 0 saturated carbocycles. The summed E-state index contributed by atoms with van der Waals surface area (Å²) in [5.41, 5.74) is 3.41. The molecule has 2 aromatic carbocycles. The second-order valence-electron chi connectivity index (χ2n) is 4.49. The van der Waals surface area contributed by atoms with Gasteiger partial charge in [0.1, 0.15) is 0 Å². The van der Waals surface area contributed by atoms with Crippen LogP contribution in [-0.2, 0) is 11.3 Å². The number of esters is 1. The van der Waals surface area contributed by atoms with Crippen LogP contribution < -0.4 is 5.32 Å². The highest BCUT2D eigenvalue weighted by atomic mass is 35.5. The molecule has 0 aliphatic carbocycles. The maximum atomic E-state index is 11.7. The highest BCUT2D eigenvalue weighted by Crippen LogP contribution is 2.23. The van der Waals surface area contributed by atoms with Crippen LogP contribution in [0, 0.1) is 6.92 Å². The van der Waals surface area contributed by atoms with E-state index in [9.17, 15) is 4.79 Å². The predicted molar refractivity (Wildman–Crippen MR) is 81.3 cm³/mol. The lowest BCUT2D eigenvalue weighted by molar-refractivity contribution is 0.0599. The van der Waals surface area contributed by atoms with Gasteiger partial charge in [0.2, 0.25) is 0 Å². The molecule has 0 atom stereocenters. The molecule has 0 aliphatic heterocycles. The Hall–Kier alpha value is -2.00. The topological polar surface area (TPSA) is 38.3 Å². The fourth-order valence-electron chi connectivity index (χ4n) is 1.95. The molecular weight excluding hydrogens is 274 g/mol. The Morgan fingerprint density at radius 2 is 2.00 bits per heavy atom. The number of anilines is 1. The highest BCUT2D eigenvalue weighted by molar-refractivity contribution is 6.33. The lowest BCUT2D eigenvalue weighted by Gasteiger charge is -2.12. The molecular formula is C16H16ClNO2. The van der Waals surface area contributed by atoms with Gasteiger partial charge in [0.25, 0.3) is 0 Å². The van der Waals surface area contributed by atoms with Crippen LogP contribution in [0.5, 0.6) is 0 Å². The minimum atomic E-state index is -0.335. The molecule has 0 aromatic heterocycles. The van der Waals surface area contributed by atoms with Crippen LogP contribution in [0.1, 0.15) is 21.5 Å². The third-order valence-corrected chi connectivity index (χ3v) is 3.34. The van der Waals surface area contributed by atoms with Gasteiger partial charge in [-0.15, -0.1) is 0 Å². The molecule has 0 radical (unpaired) electrons. The van der Waals surface area contributed by atoms with Gasteiger partial charge in [0.05, 0.1) is 23.4 Å². The van der Waals surface area contributed by atoms with E-state index in [0.29, 0.717) is 17.1 Å². The number of halogens is 1. The van der Waals surface area contributed by atoms with Crippen LogP contribution in [0.15, 0.2) is 42.5 Å². The maximum Gasteiger partial charge on any atom is 0.338 e. The normalized spacial score (nSPS) is 10.2. The molecule has 0 fully saturated rings. The largest absolute Gasteiger partial charge is 0.465 e. The monoisotopic (exact) mass is 289 g/mol. The van der Waals surface area contributed by atoms with Gasteiger partial charge in [-0.25, -0.2) is 4.79 Å². The zero-order chi connectivity index (χ0) is 14.5. The van der Waals surface area contributed by atoms with Crippen LogP contribution in [0.4, 0.5) is 5.69 Å². The molecule has 0 amide bonds. The van der Waals surface area contributed by atoms with Crippen LogP contribution in [-0.4, -0.2) is 13.1 Å². The summed E-state index contributed by atoms with van der Waals surface area (Å²) in [6.45, 7) is 2.51. The van der Waals surface area contributed by atoms with Crippen molar-refractivity contribution in [2.45, 2.75) is 13.5 Å². The average Bonchev–Trinajstić information content (AvgIpc) is 2.47. The Balaban J connectivity index is 2.19. The fraction of sp³-hybridized carbons (Fsp3) is 0.188. The van der Waals surface area contributed by atoms with E-state index in [-0.39, 0.29) is 5.97 Å². The van der Waals surface area contributed by atoms with E-state index in [1.54, 1.807) is 6.07 Å². The van der Waals surface area contributed by atoms with Gasteiger partial charge in [-0.3, -0.25) is 0 Å². The number of benzene rings is 2. The van der Waals surface area contributed by atoms with Crippen molar-refractivity contribution in [3.8, 4) is 0 Å². The molecule has 2 aromatic rings. The minimum Gasteiger partial charge on any atom is -0.465 e. The van der Waals surface area contributed by atoms with Crippen molar-refractivity contribution < 1.29 is 9.53 Å². The Bertz CT molecular complexity index is 626. The van der Waals surface area contributed by atoms with Crippen molar-refractivity contribution in [2.75, 3.05) is 12.4 Å². The molecule has 3 nitrogen and oxygen atoms in total. The van der Waals surface area contributed by atoms with E-state index >= 15 is 0 Å². The number of methoxy groups -OCH3 is 1. The first-order valence-corrected chi connectivity index (χ1v) is 6.66. The molecule has 20 heavy (non-hydrogen) atoms. The first kappa shape index (κ1) is 14.4. The summed E-state index contributed by atoms with van der Waals surface area (Å²) >= 11 is 6.14. The summed E-state index contributed by atoms with van der Waals surface area (Å²) in [6.07, 6.45) is 0. The number of hydrogen-bond acceptors (Lipinski definition) is 3. The lowest BCUT2D eigenvalue weighted by atomic mass is 10.1. The van der Waals surface area contributed by atoms with Crippen molar-refractivity contribution in [1.82, 2.24) is 0 Å². The molecule has 0 spiro atoms. The summed E-state index contributed by atoms with van der Waals surface area (Å²) in [6, 6.07) is 13.1. The number of hydrogen-bond donors (Lipinski definition) is 1. The zero-order valence-electron chi connectivity index (χ0n) is 11.4. The van der Waals surface area contributed by atoms with Gasteiger partial charge < -0.3 is 10.1 Å². The van der Waals surface area contributed by atoms with E-state index in [1.807, 2.05) is 43.3 Å². The number of carbonyl (C=O) groups is 1. The molecule has 0 saturated heterocycles. The smallest absolute Gasteiger partial charge is 0.338 e. The summed E-state index contributed by atoms with van der Waals surface area (Å²) < 4.78 is 4.78. The maximum absolute atomic E-state index is 11.7. The van der Waals surface area contributed by atoms with E-state index in [4.69, 9.17) is 16.3 Å². The Morgan fingerprint density at radius 3 is 2.75 bits per heavy atom. The predicted octanol–water partition coefficient (Wildman–Crippen LogP) is 4.05. The highest BCUT2D eigenvalue weighted by Gasteiger charge is 2.11. The summed E-state index contributed by atoms with van der Waals surface area (Å²) in [7, 11) is 1.38. The standard InChI is InChI=1S/C16H16ClNO2/c1-11-7-8-14(17)15(9-11)18-10-12-5-3-4-6-13(12)16(19)20-2/h3-9,18H,10H2,1-2H3. The van der Waals surface area contributed by atoms with Gasteiger partial charge in [-0.05, 0) is 36.2 Å². The second kappa shape index (κ2) is 6.44. The van der Waals surface area contributed by atoms with Crippen molar-refractivity contribution in [1.29, 1.82) is 0 Å². The van der Waals surface area contributed by atoms with E-state index < -0.39 is 0 Å². The van der Waals surface area contributed by atoms with E-state index in [0.717, 1.165) is 16.8 Å². The summed E-state index contributed by atoms with van der Waals surface area (Å²) in [4.78, 5) is 11.7. The third-order valence-electron chi connectivity index (χ3n) is 3.01. The Kier molecular flexibility index (Phi) is 4.64. The van der Waals surface area contributed by atoms with E-state index in [1.165, 1.54) is 7.11 Å². The number of aryl methyl sites for hydroxylation is 1. The molecule has 4 heteroatoms. The molecule has 0 heterocycles. The number of rotatable bonds is 4.